The summed E-state index contributed by atoms with van der Waals surface area (Å²) in [6.45, 7) is 2.58. The fourth-order valence-electron chi connectivity index (χ4n) is 1.29. The number of hydrogen-bond donors (Lipinski definition) is 0. The zero-order chi connectivity index (χ0) is 10.6. The first-order chi connectivity index (χ1) is 6.69. The third-order valence-electron chi connectivity index (χ3n) is 2.33. The number of hydrogen-bond acceptors (Lipinski definition) is 2. The van der Waals surface area contributed by atoms with Crippen LogP contribution in [0.5, 0.6) is 0 Å². The third kappa shape index (κ3) is 2.11. The summed E-state index contributed by atoms with van der Waals surface area (Å²) >= 11 is 0. The molecule has 0 aromatic carbocycles. The lowest BCUT2D eigenvalue weighted by molar-refractivity contribution is -0.677. The Morgan fingerprint density at radius 1 is 1.57 bits per heavy atom. The Labute approximate surface area is 83.6 Å². The van der Waals surface area contributed by atoms with E-state index in [2.05, 4.69) is 6.07 Å². The van der Waals surface area contributed by atoms with Crippen LogP contribution in [0.3, 0.4) is 0 Å². The fourth-order valence-corrected chi connectivity index (χ4v) is 1.29. The Morgan fingerprint density at radius 2 is 2.29 bits per heavy atom. The number of aromatic nitrogens is 2. The van der Waals surface area contributed by atoms with Crippen molar-refractivity contribution in [2.45, 2.75) is 19.9 Å². The lowest BCUT2D eigenvalue weighted by Gasteiger charge is -2.01. The van der Waals surface area contributed by atoms with Gasteiger partial charge in [-0.15, -0.1) is 0 Å². The molecule has 0 aliphatic rings. The molecule has 1 atom stereocenters. The summed E-state index contributed by atoms with van der Waals surface area (Å²) in [5.41, 5.74) is 0. The summed E-state index contributed by atoms with van der Waals surface area (Å²) in [5, 5.41) is 17.3. The van der Waals surface area contributed by atoms with E-state index in [1.807, 2.05) is 41.6 Å². The lowest BCUT2D eigenvalue weighted by Crippen LogP contribution is -2.30. The Hall–Kier alpha value is -1.81. The number of aryl methyl sites for hydroxylation is 1. The topological polar surface area (TPSA) is 56.4 Å². The van der Waals surface area contributed by atoms with Gasteiger partial charge in [0.15, 0.2) is 0 Å². The molecule has 1 unspecified atom stereocenters. The van der Waals surface area contributed by atoms with Crippen molar-refractivity contribution in [1.82, 2.24) is 4.57 Å². The summed E-state index contributed by atoms with van der Waals surface area (Å²) < 4.78 is 3.98. The number of nitriles is 2. The predicted octanol–water partition coefficient (Wildman–Crippen LogP) is 0.674. The van der Waals surface area contributed by atoms with Crippen molar-refractivity contribution in [1.29, 1.82) is 10.5 Å². The molecular weight excluding hydrogens is 176 g/mol. The molecule has 0 saturated carbocycles. The number of nitrogens with zero attached hydrogens (tertiary/aromatic N) is 4. The van der Waals surface area contributed by atoms with Crippen molar-refractivity contribution in [2.24, 2.45) is 13.0 Å². The maximum atomic E-state index is 8.79. The van der Waals surface area contributed by atoms with E-state index in [-0.39, 0.29) is 12.3 Å². The van der Waals surface area contributed by atoms with Crippen LogP contribution in [0.15, 0.2) is 12.4 Å². The predicted molar refractivity (Wildman–Crippen MR) is 49.7 cm³/mol. The van der Waals surface area contributed by atoms with E-state index in [0.29, 0.717) is 6.54 Å². The summed E-state index contributed by atoms with van der Waals surface area (Å²) in [6, 6.07) is 4.16. The Bertz CT molecular complexity index is 391. The van der Waals surface area contributed by atoms with Gasteiger partial charge in [0.1, 0.15) is 18.9 Å². The summed E-state index contributed by atoms with van der Waals surface area (Å²) in [6.07, 6.45) is 4.16. The zero-order valence-corrected chi connectivity index (χ0v) is 8.44. The van der Waals surface area contributed by atoms with Gasteiger partial charge in [0.2, 0.25) is 0 Å². The second-order valence-electron chi connectivity index (χ2n) is 3.30. The highest BCUT2D eigenvalue weighted by atomic mass is 15.1. The molecule has 4 heteroatoms. The van der Waals surface area contributed by atoms with Crippen LogP contribution < -0.4 is 4.57 Å². The van der Waals surface area contributed by atoms with Crippen LogP contribution in [0, 0.1) is 35.5 Å². The maximum Gasteiger partial charge on any atom is 0.253 e. The summed E-state index contributed by atoms with van der Waals surface area (Å²) in [4.78, 5) is 0. The maximum absolute atomic E-state index is 8.79. The highest BCUT2D eigenvalue weighted by Crippen LogP contribution is 2.05. The molecule has 0 saturated heterocycles. The van der Waals surface area contributed by atoms with Crippen molar-refractivity contribution in [3.63, 3.8) is 0 Å². The van der Waals surface area contributed by atoms with Crippen LogP contribution in [-0.2, 0) is 13.6 Å². The average Bonchev–Trinajstić information content (AvgIpc) is 2.49. The van der Waals surface area contributed by atoms with Crippen LogP contribution in [0.25, 0.3) is 0 Å². The molecule has 0 amide bonds. The molecule has 0 aliphatic carbocycles. The van der Waals surface area contributed by atoms with Crippen LogP contribution in [0.4, 0.5) is 0 Å². The van der Waals surface area contributed by atoms with Crippen molar-refractivity contribution in [2.75, 3.05) is 0 Å². The molecule has 0 radical (unpaired) electrons. The smallest absolute Gasteiger partial charge is 0.237 e. The van der Waals surface area contributed by atoms with Gasteiger partial charge in [-0.2, -0.15) is 10.5 Å². The van der Waals surface area contributed by atoms with Crippen LogP contribution in [0.2, 0.25) is 0 Å². The van der Waals surface area contributed by atoms with Crippen LogP contribution in [-0.4, -0.2) is 4.57 Å². The first kappa shape index (κ1) is 10.3. The third-order valence-corrected chi connectivity index (χ3v) is 2.33. The van der Waals surface area contributed by atoms with E-state index >= 15 is 0 Å². The normalized spacial score (nSPS) is 11.7. The van der Waals surface area contributed by atoms with E-state index < -0.39 is 0 Å². The first-order valence-electron chi connectivity index (χ1n) is 4.47. The van der Waals surface area contributed by atoms with Gasteiger partial charge in [0, 0.05) is 6.92 Å². The zero-order valence-electron chi connectivity index (χ0n) is 8.44. The van der Waals surface area contributed by atoms with Crippen molar-refractivity contribution in [3.8, 4) is 12.1 Å². The van der Waals surface area contributed by atoms with Gasteiger partial charge in [-0.25, -0.2) is 9.13 Å². The standard InChI is InChI=1S/C10H13N4/c1-9-13(2)5-6-14(9)8-10(7-12)3-4-11/h5-6,10H,3,8H2,1-2H3/q+1. The van der Waals surface area contributed by atoms with E-state index in [0.717, 1.165) is 5.82 Å². The van der Waals surface area contributed by atoms with Gasteiger partial charge in [0.05, 0.1) is 31.5 Å². The van der Waals surface area contributed by atoms with E-state index in [4.69, 9.17) is 10.5 Å². The average molecular weight is 189 g/mol. The van der Waals surface area contributed by atoms with Gasteiger partial charge >= 0.3 is 0 Å². The Morgan fingerprint density at radius 3 is 2.71 bits per heavy atom. The van der Waals surface area contributed by atoms with Gasteiger partial charge in [-0.3, -0.25) is 0 Å². The largest absolute Gasteiger partial charge is 0.253 e. The molecule has 0 bridgehead atoms. The Balaban J connectivity index is 2.74. The monoisotopic (exact) mass is 189 g/mol. The number of rotatable bonds is 3. The second-order valence-corrected chi connectivity index (χ2v) is 3.30. The van der Waals surface area contributed by atoms with E-state index in [1.165, 1.54) is 0 Å². The molecule has 1 rings (SSSR count). The summed E-state index contributed by atoms with van der Waals surface area (Å²) in [7, 11) is 1.96. The molecule has 1 aromatic rings. The van der Waals surface area contributed by atoms with Crippen molar-refractivity contribution < 1.29 is 4.57 Å². The van der Waals surface area contributed by atoms with Gasteiger partial charge in [-0.05, 0) is 0 Å². The highest BCUT2D eigenvalue weighted by Gasteiger charge is 2.15. The van der Waals surface area contributed by atoms with Crippen molar-refractivity contribution >= 4 is 0 Å². The number of imidazole rings is 1. The van der Waals surface area contributed by atoms with Gasteiger partial charge < -0.3 is 0 Å². The molecule has 72 valence electrons. The quantitative estimate of drug-likeness (QED) is 0.656. The van der Waals surface area contributed by atoms with Gasteiger partial charge in [0.25, 0.3) is 5.82 Å². The van der Waals surface area contributed by atoms with Gasteiger partial charge in [-0.1, -0.05) is 0 Å². The molecule has 1 heterocycles. The Kier molecular flexibility index (Phi) is 3.25. The van der Waals surface area contributed by atoms with E-state index in [9.17, 15) is 0 Å². The minimum atomic E-state index is -0.217. The molecule has 4 nitrogen and oxygen atoms in total. The minimum absolute atomic E-state index is 0.217. The van der Waals surface area contributed by atoms with E-state index in [1.54, 1.807) is 0 Å². The molecule has 1 aromatic heterocycles. The molecular formula is C10H13N4+. The van der Waals surface area contributed by atoms with Crippen LogP contribution in [0.1, 0.15) is 12.2 Å². The minimum Gasteiger partial charge on any atom is -0.237 e. The first-order valence-corrected chi connectivity index (χ1v) is 4.47. The second kappa shape index (κ2) is 4.43. The molecule has 0 aliphatic heterocycles. The lowest BCUT2D eigenvalue weighted by atomic mass is 10.1. The molecule has 0 spiro atoms. The SMILES string of the molecule is Cc1n(CC(C#N)CC#N)cc[n+]1C. The fraction of sp³-hybridized carbons (Fsp3) is 0.500. The molecule has 0 N–H and O–H groups in total. The highest BCUT2D eigenvalue weighted by molar-refractivity contribution is 4.92. The summed E-state index contributed by atoms with van der Waals surface area (Å²) in [5.74, 6) is 0.870. The van der Waals surface area contributed by atoms with Crippen LogP contribution >= 0.6 is 0 Å². The molecule has 0 fully saturated rings. The van der Waals surface area contributed by atoms with Crippen molar-refractivity contribution in [3.05, 3.63) is 18.2 Å². The molecule has 14 heavy (non-hydrogen) atoms.